The van der Waals surface area contributed by atoms with Crippen molar-refractivity contribution in [3.63, 3.8) is 0 Å². The maximum Gasteiger partial charge on any atom is 0.233 e. The van der Waals surface area contributed by atoms with Gasteiger partial charge in [0.15, 0.2) is 0 Å². The molecule has 1 aromatic carbocycles. The average molecular weight is 411 g/mol. The van der Waals surface area contributed by atoms with E-state index >= 15 is 0 Å². The number of hydrogen-bond donors (Lipinski definition) is 1. The number of amidine groups is 1. The molecule has 5 heteroatoms. The third kappa shape index (κ3) is 7.04. The molecule has 0 saturated carbocycles. The largest absolute Gasteiger partial charge is 0.494 e. The number of rotatable bonds is 11. The van der Waals surface area contributed by atoms with Crippen LogP contribution in [0.25, 0.3) is 0 Å². The van der Waals surface area contributed by atoms with E-state index in [1.165, 1.54) is 25.7 Å². The van der Waals surface area contributed by atoms with Gasteiger partial charge in [-0.2, -0.15) is 0 Å². The molecule has 0 spiro atoms. The first kappa shape index (κ1) is 22.1. The third-order valence-corrected chi connectivity index (χ3v) is 5.59. The molecule has 1 heterocycles. The molecule has 0 bridgehead atoms. The summed E-state index contributed by atoms with van der Waals surface area (Å²) in [6, 6.07) is 7.90. The smallest absolute Gasteiger partial charge is 0.233 e. The Kier molecular flexibility index (Phi) is 8.98. The van der Waals surface area contributed by atoms with Gasteiger partial charge in [0.25, 0.3) is 0 Å². The minimum atomic E-state index is -1.21. The van der Waals surface area contributed by atoms with Gasteiger partial charge >= 0.3 is 0 Å². The van der Waals surface area contributed by atoms with Crippen LogP contribution in [0.3, 0.4) is 0 Å². The Morgan fingerprint density at radius 3 is 2.41 bits per heavy atom. The van der Waals surface area contributed by atoms with Crippen LogP contribution in [0, 0.1) is 5.92 Å². The fraction of sp³-hybridized carbons (Fsp3) is 0.591. The summed E-state index contributed by atoms with van der Waals surface area (Å²) in [6.45, 7) is 7.34. The van der Waals surface area contributed by atoms with Gasteiger partial charge in [0.1, 0.15) is 11.6 Å². The minimum Gasteiger partial charge on any atom is -0.494 e. The summed E-state index contributed by atoms with van der Waals surface area (Å²) in [6.07, 6.45) is 9.99. The van der Waals surface area contributed by atoms with Gasteiger partial charge in [0.2, 0.25) is 4.46 Å². The van der Waals surface area contributed by atoms with Crippen molar-refractivity contribution in [3.8, 4) is 5.75 Å². The number of benzene rings is 1. The highest BCUT2D eigenvalue weighted by Gasteiger charge is 2.32. The Balaban J connectivity index is 1.90. The number of nitrogens with zero attached hydrogens (tertiary/aromatic N) is 1. The van der Waals surface area contributed by atoms with Crippen molar-refractivity contribution in [1.82, 2.24) is 5.32 Å². The molecular weight excluding hydrogens is 379 g/mol. The van der Waals surface area contributed by atoms with Crippen LogP contribution in [0.5, 0.6) is 5.75 Å². The molecule has 27 heavy (non-hydrogen) atoms. The van der Waals surface area contributed by atoms with E-state index in [4.69, 9.17) is 27.9 Å². The predicted octanol–water partition coefficient (Wildman–Crippen LogP) is 6.84. The van der Waals surface area contributed by atoms with E-state index < -0.39 is 4.46 Å². The quantitative estimate of drug-likeness (QED) is 0.246. The van der Waals surface area contributed by atoms with Gasteiger partial charge in [-0.25, -0.2) is 4.99 Å². The number of nitrogens with one attached hydrogen (secondary N) is 1. The lowest BCUT2D eigenvalue weighted by Crippen LogP contribution is -2.32. The summed E-state index contributed by atoms with van der Waals surface area (Å²) >= 11 is 13.0. The van der Waals surface area contributed by atoms with Crippen LogP contribution in [0.1, 0.15) is 71.3 Å². The lowest BCUT2D eigenvalue weighted by atomic mass is 9.98. The Morgan fingerprint density at radius 1 is 1.07 bits per heavy atom. The molecule has 150 valence electrons. The second-order valence-electron chi connectivity index (χ2n) is 7.32. The second kappa shape index (κ2) is 11.0. The van der Waals surface area contributed by atoms with E-state index in [9.17, 15) is 0 Å². The molecule has 0 fully saturated rings. The SMILES string of the molecule is CCCCCCCOc1ccc(C2=NC(Cl)(Cl)C(C[C@@H](C)CC)=CN2)cc1. The number of ether oxygens (including phenoxy) is 1. The van der Waals surface area contributed by atoms with Crippen molar-refractivity contribution < 1.29 is 4.74 Å². The summed E-state index contributed by atoms with van der Waals surface area (Å²) in [5.41, 5.74) is 1.85. The first-order valence-electron chi connectivity index (χ1n) is 10.1. The Morgan fingerprint density at radius 2 is 1.78 bits per heavy atom. The van der Waals surface area contributed by atoms with Gasteiger partial charge in [0.05, 0.1) is 6.61 Å². The standard InChI is InChI=1S/C22H32Cl2N2O/c1-4-6-7-8-9-14-27-20-12-10-18(11-13-20)21-25-16-19(15-17(3)5-2)22(23,24)26-21/h10-13,16-17H,4-9,14-15H2,1-3H3,(H,25,26)/t17-/m0/s1. The van der Waals surface area contributed by atoms with Crippen LogP contribution in [0.15, 0.2) is 41.0 Å². The van der Waals surface area contributed by atoms with Gasteiger partial charge in [-0.15, -0.1) is 0 Å². The van der Waals surface area contributed by atoms with Crippen molar-refractivity contribution in [1.29, 1.82) is 0 Å². The van der Waals surface area contributed by atoms with Gasteiger partial charge < -0.3 is 10.1 Å². The van der Waals surface area contributed by atoms with Crippen molar-refractivity contribution in [3.05, 3.63) is 41.6 Å². The van der Waals surface area contributed by atoms with E-state index in [2.05, 4.69) is 31.1 Å². The van der Waals surface area contributed by atoms with Crippen molar-refractivity contribution in [2.75, 3.05) is 6.61 Å². The average Bonchev–Trinajstić information content (AvgIpc) is 2.66. The number of hydrogen-bond acceptors (Lipinski definition) is 3. The zero-order valence-corrected chi connectivity index (χ0v) is 18.2. The van der Waals surface area contributed by atoms with Crippen molar-refractivity contribution in [2.45, 2.75) is 70.2 Å². The molecule has 1 atom stereocenters. The van der Waals surface area contributed by atoms with E-state index in [1.807, 2.05) is 30.5 Å². The Hall–Kier alpha value is -1.19. The van der Waals surface area contributed by atoms with Gasteiger partial charge in [-0.3, -0.25) is 0 Å². The second-order valence-corrected chi connectivity index (χ2v) is 8.61. The monoisotopic (exact) mass is 410 g/mol. The van der Waals surface area contributed by atoms with Crippen molar-refractivity contribution in [2.24, 2.45) is 10.9 Å². The molecule has 3 nitrogen and oxygen atoms in total. The highest BCUT2D eigenvalue weighted by Crippen LogP contribution is 2.38. The van der Waals surface area contributed by atoms with Crippen LogP contribution in [-0.4, -0.2) is 16.9 Å². The molecular formula is C22H32Cl2N2O. The summed E-state index contributed by atoms with van der Waals surface area (Å²) in [5.74, 6) is 2.07. The first-order chi connectivity index (χ1) is 13.0. The molecule has 0 aromatic heterocycles. The highest BCUT2D eigenvalue weighted by molar-refractivity contribution is 6.51. The summed E-state index contributed by atoms with van der Waals surface area (Å²) in [5, 5.41) is 3.24. The van der Waals surface area contributed by atoms with Gasteiger partial charge in [-0.05, 0) is 43.0 Å². The number of unbranched alkanes of at least 4 members (excludes halogenated alkanes) is 4. The molecule has 1 N–H and O–H groups in total. The molecule has 2 rings (SSSR count). The topological polar surface area (TPSA) is 33.6 Å². The molecule has 0 amide bonds. The van der Waals surface area contributed by atoms with Gasteiger partial charge in [-0.1, -0.05) is 76.1 Å². The summed E-state index contributed by atoms with van der Waals surface area (Å²) in [4.78, 5) is 4.51. The predicted molar refractivity (Wildman–Crippen MR) is 117 cm³/mol. The van der Waals surface area contributed by atoms with E-state index in [0.717, 1.165) is 42.8 Å². The minimum absolute atomic E-state index is 0.519. The summed E-state index contributed by atoms with van der Waals surface area (Å²) in [7, 11) is 0. The molecule has 0 aliphatic carbocycles. The zero-order valence-electron chi connectivity index (χ0n) is 16.7. The number of aliphatic imine (C=N–C) groups is 1. The fourth-order valence-corrected chi connectivity index (χ4v) is 3.37. The maximum absolute atomic E-state index is 6.48. The first-order valence-corrected chi connectivity index (χ1v) is 10.9. The molecule has 0 radical (unpaired) electrons. The van der Waals surface area contributed by atoms with E-state index in [1.54, 1.807) is 0 Å². The van der Waals surface area contributed by atoms with Crippen LogP contribution >= 0.6 is 23.2 Å². The number of halogens is 2. The Bertz CT molecular complexity index is 638. The zero-order chi connectivity index (χ0) is 19.7. The highest BCUT2D eigenvalue weighted by atomic mass is 35.5. The fourth-order valence-electron chi connectivity index (χ4n) is 2.94. The Labute approximate surface area is 174 Å². The summed E-state index contributed by atoms with van der Waals surface area (Å²) < 4.78 is 4.61. The third-order valence-electron chi connectivity index (χ3n) is 4.93. The van der Waals surface area contributed by atoms with Crippen LogP contribution < -0.4 is 10.1 Å². The number of alkyl halides is 2. The van der Waals surface area contributed by atoms with Crippen molar-refractivity contribution >= 4 is 29.0 Å². The van der Waals surface area contributed by atoms with Gasteiger partial charge in [0, 0.05) is 17.3 Å². The van der Waals surface area contributed by atoms with E-state index in [-0.39, 0.29) is 0 Å². The lowest BCUT2D eigenvalue weighted by molar-refractivity contribution is 0.304. The molecule has 0 saturated heterocycles. The lowest BCUT2D eigenvalue weighted by Gasteiger charge is -2.27. The molecule has 1 aliphatic rings. The van der Waals surface area contributed by atoms with Crippen LogP contribution in [-0.2, 0) is 0 Å². The van der Waals surface area contributed by atoms with Crippen LogP contribution in [0.4, 0.5) is 0 Å². The molecule has 1 aromatic rings. The normalized spacial score (nSPS) is 16.9. The van der Waals surface area contributed by atoms with Crippen LogP contribution in [0.2, 0.25) is 0 Å². The molecule has 1 aliphatic heterocycles. The van der Waals surface area contributed by atoms with E-state index in [0.29, 0.717) is 11.8 Å². The maximum atomic E-state index is 6.48. The molecule has 0 unspecified atom stereocenters.